The maximum atomic E-state index is 13.8. The van der Waals surface area contributed by atoms with E-state index in [4.69, 9.17) is 4.74 Å². The van der Waals surface area contributed by atoms with Gasteiger partial charge in [-0.1, -0.05) is 26.0 Å². The van der Waals surface area contributed by atoms with Gasteiger partial charge in [0.2, 0.25) is 5.91 Å². The molecule has 7 heteroatoms. The number of rotatable bonds is 4. The van der Waals surface area contributed by atoms with Gasteiger partial charge in [-0.2, -0.15) is 13.2 Å². The zero-order valence-corrected chi connectivity index (χ0v) is 18.4. The Hall–Kier alpha value is -1.60. The molecule has 4 nitrogen and oxygen atoms in total. The third-order valence-corrected chi connectivity index (χ3v) is 7.64. The van der Waals surface area contributed by atoms with Gasteiger partial charge in [-0.15, -0.1) is 0 Å². The first-order chi connectivity index (χ1) is 14.7. The lowest BCUT2D eigenvalue weighted by Gasteiger charge is -2.40. The summed E-state index contributed by atoms with van der Waals surface area (Å²) in [6.45, 7) is 6.23. The van der Waals surface area contributed by atoms with Gasteiger partial charge in [0.05, 0.1) is 11.0 Å². The maximum absolute atomic E-state index is 13.8. The lowest BCUT2D eigenvalue weighted by atomic mass is 9.73. The van der Waals surface area contributed by atoms with Crippen molar-refractivity contribution in [3.05, 3.63) is 34.9 Å². The number of hydrogen-bond donors (Lipinski definition) is 1. The molecule has 2 unspecified atom stereocenters. The first-order valence-corrected chi connectivity index (χ1v) is 11.5. The van der Waals surface area contributed by atoms with Gasteiger partial charge in [0, 0.05) is 38.4 Å². The van der Waals surface area contributed by atoms with Crippen molar-refractivity contribution in [2.24, 2.45) is 11.3 Å². The Bertz CT molecular complexity index is 805. The normalized spacial score (nSPS) is 27.5. The Morgan fingerprint density at radius 3 is 2.61 bits per heavy atom. The fraction of sp³-hybridized carbons (Fsp3) is 0.708. The number of carbonyl (C=O) groups is 1. The number of carbonyl (C=O) groups excluding carboxylic acids is 1. The molecule has 0 bridgehead atoms. The number of fused-ring (bicyclic) bond motifs is 1. The molecule has 2 heterocycles. The second kappa shape index (κ2) is 8.74. The van der Waals surface area contributed by atoms with E-state index < -0.39 is 17.2 Å². The summed E-state index contributed by atoms with van der Waals surface area (Å²) in [6.07, 6.45) is 0.520. The van der Waals surface area contributed by atoms with Crippen molar-refractivity contribution in [2.45, 2.75) is 77.2 Å². The molecule has 2 aliphatic heterocycles. The van der Waals surface area contributed by atoms with E-state index in [2.05, 4.69) is 19.2 Å². The van der Waals surface area contributed by atoms with E-state index in [1.807, 2.05) is 0 Å². The van der Waals surface area contributed by atoms with E-state index in [9.17, 15) is 18.0 Å². The Morgan fingerprint density at radius 2 is 1.94 bits per heavy atom. The van der Waals surface area contributed by atoms with Gasteiger partial charge >= 0.3 is 6.18 Å². The molecule has 1 saturated carbocycles. The molecule has 1 aromatic rings. The first-order valence-electron chi connectivity index (χ1n) is 11.5. The average Bonchev–Trinajstić information content (AvgIpc) is 3.17. The van der Waals surface area contributed by atoms with Crippen LogP contribution in [-0.2, 0) is 28.7 Å². The molecule has 0 spiro atoms. The van der Waals surface area contributed by atoms with Crippen LogP contribution in [-0.4, -0.2) is 42.6 Å². The number of halogens is 3. The number of alkyl halides is 3. The average molecular weight is 439 g/mol. The molecular weight excluding hydrogens is 405 g/mol. The fourth-order valence-corrected chi connectivity index (χ4v) is 5.72. The SMILES string of the molecule is CC(C)C1(C(=O)N2CCc3cccc(C(F)(F)F)c3C2)CCC(NC2CCOCC2)C1. The quantitative estimate of drug-likeness (QED) is 0.750. The second-order valence-corrected chi connectivity index (χ2v) is 9.72. The van der Waals surface area contributed by atoms with Crippen molar-refractivity contribution in [3.8, 4) is 0 Å². The molecule has 172 valence electrons. The van der Waals surface area contributed by atoms with Crippen LogP contribution < -0.4 is 5.32 Å². The third kappa shape index (κ3) is 4.49. The standard InChI is InChI=1S/C24H33F3N2O2/c1-16(2)23(10-6-19(14-23)28-18-8-12-31-13-9-18)22(30)29-11-7-17-4-3-5-21(20(17)15-29)24(25,26)27/h3-5,16,18-19,28H,6-15H2,1-2H3. The van der Waals surface area contributed by atoms with Gasteiger partial charge in [0.25, 0.3) is 0 Å². The van der Waals surface area contributed by atoms with Crippen molar-refractivity contribution in [1.82, 2.24) is 10.2 Å². The predicted molar refractivity (Wildman–Crippen MR) is 112 cm³/mol. The maximum Gasteiger partial charge on any atom is 0.416 e. The van der Waals surface area contributed by atoms with E-state index in [0.717, 1.165) is 51.4 Å². The predicted octanol–water partition coefficient (Wildman–Crippen LogP) is 4.55. The van der Waals surface area contributed by atoms with E-state index >= 15 is 0 Å². The van der Waals surface area contributed by atoms with Gasteiger partial charge in [-0.05, 0) is 61.6 Å². The van der Waals surface area contributed by atoms with Crippen LogP contribution in [0.25, 0.3) is 0 Å². The zero-order valence-electron chi connectivity index (χ0n) is 18.4. The molecule has 1 N–H and O–H groups in total. The molecule has 31 heavy (non-hydrogen) atoms. The summed E-state index contributed by atoms with van der Waals surface area (Å²) >= 11 is 0. The molecule has 2 fully saturated rings. The minimum absolute atomic E-state index is 0.0291. The summed E-state index contributed by atoms with van der Waals surface area (Å²) in [5.41, 5.74) is -0.133. The fourth-order valence-electron chi connectivity index (χ4n) is 5.72. The van der Waals surface area contributed by atoms with E-state index in [-0.39, 0.29) is 30.0 Å². The molecular formula is C24H33F3N2O2. The lowest BCUT2D eigenvalue weighted by molar-refractivity contribution is -0.147. The van der Waals surface area contributed by atoms with E-state index in [1.54, 1.807) is 11.0 Å². The second-order valence-electron chi connectivity index (χ2n) is 9.72. The number of benzene rings is 1. The van der Waals surface area contributed by atoms with Crippen molar-refractivity contribution in [2.75, 3.05) is 19.8 Å². The minimum atomic E-state index is -4.40. The van der Waals surface area contributed by atoms with Crippen LogP contribution in [0.2, 0.25) is 0 Å². The summed E-state index contributed by atoms with van der Waals surface area (Å²) < 4.78 is 46.1. The van der Waals surface area contributed by atoms with Crippen LogP contribution in [0.15, 0.2) is 18.2 Å². The summed E-state index contributed by atoms with van der Waals surface area (Å²) in [7, 11) is 0. The smallest absolute Gasteiger partial charge is 0.381 e. The number of nitrogens with one attached hydrogen (secondary N) is 1. The van der Waals surface area contributed by atoms with Gasteiger partial charge in [0.15, 0.2) is 0 Å². The van der Waals surface area contributed by atoms with Gasteiger partial charge in [-0.3, -0.25) is 4.79 Å². The van der Waals surface area contributed by atoms with Crippen molar-refractivity contribution < 1.29 is 22.7 Å². The Labute approximate surface area is 182 Å². The lowest BCUT2D eigenvalue weighted by Crippen LogP contribution is -2.49. The van der Waals surface area contributed by atoms with Crippen LogP contribution >= 0.6 is 0 Å². The van der Waals surface area contributed by atoms with Gasteiger partial charge < -0.3 is 15.0 Å². The zero-order chi connectivity index (χ0) is 22.2. The summed E-state index contributed by atoms with van der Waals surface area (Å²) in [4.78, 5) is 15.5. The number of amides is 1. The molecule has 3 aliphatic rings. The highest BCUT2D eigenvalue weighted by atomic mass is 19.4. The van der Waals surface area contributed by atoms with Gasteiger partial charge in [-0.25, -0.2) is 0 Å². The summed E-state index contributed by atoms with van der Waals surface area (Å²) in [5, 5.41) is 3.73. The molecule has 4 rings (SSSR count). The third-order valence-electron chi connectivity index (χ3n) is 7.64. The highest BCUT2D eigenvalue weighted by Gasteiger charge is 2.50. The van der Waals surface area contributed by atoms with Gasteiger partial charge in [0.1, 0.15) is 0 Å². The Morgan fingerprint density at radius 1 is 1.19 bits per heavy atom. The Balaban J connectivity index is 1.51. The number of nitrogens with zero attached hydrogens (tertiary/aromatic N) is 1. The molecule has 1 amide bonds. The minimum Gasteiger partial charge on any atom is -0.381 e. The Kier molecular flexibility index (Phi) is 6.37. The molecule has 0 aromatic heterocycles. The van der Waals surface area contributed by atoms with Crippen LogP contribution in [0.3, 0.4) is 0 Å². The number of ether oxygens (including phenoxy) is 1. The van der Waals surface area contributed by atoms with Crippen LogP contribution in [0.5, 0.6) is 0 Å². The highest BCUT2D eigenvalue weighted by molar-refractivity contribution is 5.84. The van der Waals surface area contributed by atoms with E-state index in [1.165, 1.54) is 6.07 Å². The molecule has 1 aliphatic carbocycles. The number of hydrogen-bond acceptors (Lipinski definition) is 3. The van der Waals surface area contributed by atoms with Crippen molar-refractivity contribution in [1.29, 1.82) is 0 Å². The molecule has 1 saturated heterocycles. The van der Waals surface area contributed by atoms with Crippen LogP contribution in [0.1, 0.15) is 62.6 Å². The highest BCUT2D eigenvalue weighted by Crippen LogP contribution is 2.47. The molecule has 0 radical (unpaired) electrons. The van der Waals surface area contributed by atoms with Crippen LogP contribution in [0.4, 0.5) is 13.2 Å². The van der Waals surface area contributed by atoms with Crippen molar-refractivity contribution in [3.63, 3.8) is 0 Å². The first kappa shape index (κ1) is 22.6. The van der Waals surface area contributed by atoms with Crippen LogP contribution in [0, 0.1) is 11.3 Å². The monoisotopic (exact) mass is 438 g/mol. The largest absolute Gasteiger partial charge is 0.416 e. The van der Waals surface area contributed by atoms with E-state index in [0.29, 0.717) is 24.6 Å². The van der Waals surface area contributed by atoms with Crippen molar-refractivity contribution >= 4 is 5.91 Å². The molecule has 2 atom stereocenters. The summed E-state index contributed by atoms with van der Waals surface area (Å²) in [6, 6.07) is 5.06. The summed E-state index contributed by atoms with van der Waals surface area (Å²) in [5.74, 6) is 0.169. The topological polar surface area (TPSA) is 41.6 Å². The molecule has 1 aromatic carbocycles.